The molecule has 0 amide bonds. The van der Waals surface area contributed by atoms with E-state index in [1.807, 2.05) is 18.0 Å². The van der Waals surface area contributed by atoms with Crippen LogP contribution >= 0.6 is 15.9 Å². The SMILES string of the molecule is CCCN(C)c1ccc(CN)c(Br)c1F. The summed E-state index contributed by atoms with van der Waals surface area (Å²) < 4.78 is 14.4. The fourth-order valence-electron chi connectivity index (χ4n) is 1.49. The first-order valence-corrected chi connectivity index (χ1v) is 5.79. The van der Waals surface area contributed by atoms with Crippen LogP contribution in [0.25, 0.3) is 0 Å². The van der Waals surface area contributed by atoms with E-state index in [9.17, 15) is 4.39 Å². The highest BCUT2D eigenvalue weighted by Crippen LogP contribution is 2.28. The first-order valence-electron chi connectivity index (χ1n) is 4.99. The van der Waals surface area contributed by atoms with Crippen LogP contribution in [0.1, 0.15) is 18.9 Å². The van der Waals surface area contributed by atoms with Gasteiger partial charge in [-0.3, -0.25) is 0 Å². The summed E-state index contributed by atoms with van der Waals surface area (Å²) in [5, 5.41) is 0. The topological polar surface area (TPSA) is 29.3 Å². The van der Waals surface area contributed by atoms with Crippen molar-refractivity contribution in [3.8, 4) is 0 Å². The molecule has 0 aliphatic carbocycles. The average molecular weight is 275 g/mol. The number of rotatable bonds is 4. The van der Waals surface area contributed by atoms with Crippen LogP contribution in [0.5, 0.6) is 0 Å². The Labute approximate surface area is 98.4 Å². The molecule has 2 nitrogen and oxygen atoms in total. The van der Waals surface area contributed by atoms with Crippen LogP contribution < -0.4 is 10.6 Å². The van der Waals surface area contributed by atoms with Gasteiger partial charge in [0.05, 0.1) is 10.2 Å². The van der Waals surface area contributed by atoms with Crippen molar-refractivity contribution in [2.75, 3.05) is 18.5 Å². The Morgan fingerprint density at radius 2 is 2.13 bits per heavy atom. The molecule has 0 aromatic heterocycles. The fourth-order valence-corrected chi connectivity index (χ4v) is 1.98. The van der Waals surface area contributed by atoms with Crippen molar-refractivity contribution in [2.24, 2.45) is 5.73 Å². The normalized spacial score (nSPS) is 10.5. The lowest BCUT2D eigenvalue weighted by Crippen LogP contribution is -2.19. The van der Waals surface area contributed by atoms with Crippen LogP contribution in [-0.2, 0) is 6.54 Å². The zero-order valence-electron chi connectivity index (χ0n) is 9.06. The van der Waals surface area contributed by atoms with Gasteiger partial charge in [0, 0.05) is 20.1 Å². The molecule has 0 saturated carbocycles. The third-order valence-electron chi connectivity index (χ3n) is 2.33. The molecule has 0 saturated heterocycles. The highest BCUT2D eigenvalue weighted by Gasteiger charge is 2.12. The van der Waals surface area contributed by atoms with Crippen LogP contribution in [0.3, 0.4) is 0 Å². The number of halogens is 2. The quantitative estimate of drug-likeness (QED) is 0.915. The second kappa shape index (κ2) is 5.47. The molecule has 0 unspecified atom stereocenters. The van der Waals surface area contributed by atoms with E-state index in [0.717, 1.165) is 18.5 Å². The van der Waals surface area contributed by atoms with Gasteiger partial charge >= 0.3 is 0 Å². The molecule has 84 valence electrons. The minimum absolute atomic E-state index is 0.228. The monoisotopic (exact) mass is 274 g/mol. The van der Waals surface area contributed by atoms with Crippen molar-refractivity contribution in [2.45, 2.75) is 19.9 Å². The Bertz CT molecular complexity index is 342. The maximum Gasteiger partial charge on any atom is 0.160 e. The molecule has 1 rings (SSSR count). The van der Waals surface area contributed by atoms with Crippen molar-refractivity contribution in [1.29, 1.82) is 0 Å². The Kier molecular flexibility index (Phi) is 4.54. The fraction of sp³-hybridized carbons (Fsp3) is 0.455. The van der Waals surface area contributed by atoms with Gasteiger partial charge in [0.1, 0.15) is 0 Å². The first-order chi connectivity index (χ1) is 7.11. The average Bonchev–Trinajstić information content (AvgIpc) is 2.22. The summed E-state index contributed by atoms with van der Waals surface area (Å²) in [4.78, 5) is 1.90. The largest absolute Gasteiger partial charge is 0.372 e. The molecule has 1 aromatic carbocycles. The Morgan fingerprint density at radius 1 is 1.47 bits per heavy atom. The predicted molar refractivity (Wildman–Crippen MR) is 65.6 cm³/mol. The van der Waals surface area contributed by atoms with Crippen molar-refractivity contribution < 1.29 is 4.39 Å². The molecule has 2 N–H and O–H groups in total. The first kappa shape index (κ1) is 12.5. The van der Waals surface area contributed by atoms with E-state index in [1.165, 1.54) is 0 Å². The molecule has 0 bridgehead atoms. The summed E-state index contributed by atoms with van der Waals surface area (Å²) in [6.45, 7) is 3.25. The van der Waals surface area contributed by atoms with Gasteiger partial charge in [-0.25, -0.2) is 4.39 Å². The predicted octanol–water partition coefficient (Wildman–Crippen LogP) is 2.89. The third-order valence-corrected chi connectivity index (χ3v) is 3.19. The van der Waals surface area contributed by atoms with Crippen molar-refractivity contribution in [1.82, 2.24) is 0 Å². The lowest BCUT2D eigenvalue weighted by molar-refractivity contribution is 0.612. The second-order valence-corrected chi connectivity index (χ2v) is 4.29. The molecule has 0 atom stereocenters. The molecule has 0 aliphatic rings. The van der Waals surface area contributed by atoms with Gasteiger partial charge in [-0.05, 0) is 34.0 Å². The Balaban J connectivity index is 3.06. The molecular weight excluding hydrogens is 259 g/mol. The van der Waals surface area contributed by atoms with E-state index >= 15 is 0 Å². The summed E-state index contributed by atoms with van der Waals surface area (Å²) in [6.07, 6.45) is 0.992. The number of nitrogens with zero attached hydrogens (tertiary/aromatic N) is 1. The van der Waals surface area contributed by atoms with Crippen molar-refractivity contribution >= 4 is 21.6 Å². The zero-order valence-corrected chi connectivity index (χ0v) is 10.6. The van der Waals surface area contributed by atoms with Gasteiger partial charge in [-0.2, -0.15) is 0 Å². The molecule has 1 aromatic rings. The van der Waals surface area contributed by atoms with Crippen LogP contribution in [0.15, 0.2) is 16.6 Å². The van der Waals surface area contributed by atoms with Gasteiger partial charge in [0.2, 0.25) is 0 Å². The molecule has 0 fully saturated rings. The maximum atomic E-state index is 13.9. The summed E-state index contributed by atoms with van der Waals surface area (Å²) in [5.74, 6) is -0.228. The summed E-state index contributed by atoms with van der Waals surface area (Å²) in [7, 11) is 1.89. The maximum absolute atomic E-state index is 13.9. The van der Waals surface area contributed by atoms with Gasteiger partial charge < -0.3 is 10.6 Å². The summed E-state index contributed by atoms with van der Waals surface area (Å²) in [6, 6.07) is 3.63. The number of hydrogen-bond donors (Lipinski definition) is 1. The van der Waals surface area contributed by atoms with E-state index in [0.29, 0.717) is 16.7 Å². The minimum Gasteiger partial charge on any atom is -0.372 e. The molecular formula is C11H16BrFN2. The third kappa shape index (κ3) is 2.69. The van der Waals surface area contributed by atoms with Gasteiger partial charge in [-0.1, -0.05) is 13.0 Å². The standard InChI is InChI=1S/C11H16BrFN2/c1-3-6-15(2)9-5-4-8(7-14)10(12)11(9)13/h4-5H,3,6-7,14H2,1-2H3. The van der Waals surface area contributed by atoms with Crippen LogP contribution in [0.2, 0.25) is 0 Å². The van der Waals surface area contributed by atoms with Crippen molar-refractivity contribution in [3.63, 3.8) is 0 Å². The smallest absolute Gasteiger partial charge is 0.160 e. The number of hydrogen-bond acceptors (Lipinski definition) is 2. The molecule has 15 heavy (non-hydrogen) atoms. The van der Waals surface area contributed by atoms with E-state index in [2.05, 4.69) is 22.9 Å². The second-order valence-electron chi connectivity index (χ2n) is 3.50. The van der Waals surface area contributed by atoms with Gasteiger partial charge in [0.25, 0.3) is 0 Å². The van der Waals surface area contributed by atoms with E-state index in [1.54, 1.807) is 6.07 Å². The number of anilines is 1. The summed E-state index contributed by atoms with van der Waals surface area (Å²) in [5.41, 5.74) is 6.90. The molecule has 0 radical (unpaired) electrons. The molecule has 0 heterocycles. The van der Waals surface area contributed by atoms with Crippen LogP contribution in [0.4, 0.5) is 10.1 Å². The van der Waals surface area contributed by atoms with E-state index in [-0.39, 0.29) is 5.82 Å². The Morgan fingerprint density at radius 3 is 2.67 bits per heavy atom. The summed E-state index contributed by atoms with van der Waals surface area (Å²) >= 11 is 3.23. The van der Waals surface area contributed by atoms with Gasteiger partial charge in [0.15, 0.2) is 5.82 Å². The van der Waals surface area contributed by atoms with E-state index < -0.39 is 0 Å². The molecule has 0 aliphatic heterocycles. The highest BCUT2D eigenvalue weighted by molar-refractivity contribution is 9.10. The van der Waals surface area contributed by atoms with Crippen molar-refractivity contribution in [3.05, 3.63) is 28.0 Å². The lowest BCUT2D eigenvalue weighted by Gasteiger charge is -2.20. The lowest BCUT2D eigenvalue weighted by atomic mass is 10.2. The molecule has 4 heteroatoms. The number of nitrogens with two attached hydrogens (primary N) is 1. The number of benzene rings is 1. The minimum atomic E-state index is -0.228. The van der Waals surface area contributed by atoms with Crippen LogP contribution in [0, 0.1) is 5.82 Å². The Hall–Kier alpha value is -0.610. The highest BCUT2D eigenvalue weighted by atomic mass is 79.9. The molecule has 0 spiro atoms. The van der Waals surface area contributed by atoms with Crippen LogP contribution in [-0.4, -0.2) is 13.6 Å². The zero-order chi connectivity index (χ0) is 11.4. The van der Waals surface area contributed by atoms with E-state index in [4.69, 9.17) is 5.73 Å². The van der Waals surface area contributed by atoms with Gasteiger partial charge in [-0.15, -0.1) is 0 Å².